The molecule has 2 heterocycles. The van der Waals surface area contributed by atoms with Gasteiger partial charge in [0, 0.05) is 13.3 Å². The van der Waals surface area contributed by atoms with E-state index in [4.69, 9.17) is 9.26 Å². The fourth-order valence-corrected chi connectivity index (χ4v) is 2.28. The molecule has 0 bridgehead atoms. The van der Waals surface area contributed by atoms with Crippen LogP contribution < -0.4 is 10.1 Å². The number of rotatable bonds is 3. The Labute approximate surface area is 116 Å². The van der Waals surface area contributed by atoms with E-state index in [0.717, 1.165) is 12.0 Å². The molecule has 1 unspecified atom stereocenters. The molecule has 20 heavy (non-hydrogen) atoms. The monoisotopic (exact) mass is 273 g/mol. The van der Waals surface area contributed by atoms with Crippen LogP contribution in [0.5, 0.6) is 5.75 Å². The van der Waals surface area contributed by atoms with Crippen molar-refractivity contribution >= 4 is 5.91 Å². The Morgan fingerprint density at radius 1 is 1.50 bits per heavy atom. The summed E-state index contributed by atoms with van der Waals surface area (Å²) in [5.74, 6) is 1.42. The zero-order chi connectivity index (χ0) is 14.1. The smallest absolute Gasteiger partial charge is 0.255 e. The van der Waals surface area contributed by atoms with Crippen molar-refractivity contribution in [2.45, 2.75) is 32.9 Å². The average Bonchev–Trinajstić information content (AvgIpc) is 3.00. The number of fused-ring (bicyclic) bond motifs is 1. The number of nitrogens with zero attached hydrogens (tertiary/aromatic N) is 2. The fraction of sp³-hybridized carbons (Fsp3) is 0.357. The second-order valence-corrected chi connectivity index (χ2v) is 4.84. The van der Waals surface area contributed by atoms with Gasteiger partial charge in [-0.1, -0.05) is 17.3 Å². The number of nitrogens with one attached hydrogen (secondary N) is 1. The molecule has 3 rings (SSSR count). The van der Waals surface area contributed by atoms with E-state index in [1.807, 2.05) is 19.1 Å². The van der Waals surface area contributed by atoms with Crippen molar-refractivity contribution < 1.29 is 14.1 Å². The lowest BCUT2D eigenvalue weighted by molar-refractivity contribution is 0.0945. The van der Waals surface area contributed by atoms with Gasteiger partial charge in [0.2, 0.25) is 5.89 Å². The highest BCUT2D eigenvalue weighted by atomic mass is 16.5. The van der Waals surface area contributed by atoms with E-state index in [0.29, 0.717) is 23.0 Å². The molecule has 1 N–H and O–H groups in total. The standard InChI is InChI=1S/C14H15N3O3/c1-8-6-10-4-3-5-11(13(10)19-8)14(18)15-7-12-16-9(2)20-17-12/h3-5,8H,6-7H2,1-2H3,(H,15,18). The molecule has 0 saturated carbocycles. The predicted molar refractivity (Wildman–Crippen MR) is 70.4 cm³/mol. The number of aromatic nitrogens is 2. The van der Waals surface area contributed by atoms with Gasteiger partial charge in [-0.2, -0.15) is 4.98 Å². The van der Waals surface area contributed by atoms with Crippen molar-refractivity contribution in [3.63, 3.8) is 0 Å². The maximum Gasteiger partial charge on any atom is 0.255 e. The molecular formula is C14H15N3O3. The van der Waals surface area contributed by atoms with Crippen molar-refractivity contribution in [1.82, 2.24) is 15.5 Å². The molecule has 1 aliphatic heterocycles. The third kappa shape index (κ3) is 2.36. The van der Waals surface area contributed by atoms with E-state index in [1.54, 1.807) is 13.0 Å². The molecule has 0 aliphatic carbocycles. The minimum Gasteiger partial charge on any atom is -0.489 e. The molecule has 1 atom stereocenters. The number of hydrogen-bond donors (Lipinski definition) is 1. The normalized spacial score (nSPS) is 16.6. The highest BCUT2D eigenvalue weighted by Crippen LogP contribution is 2.32. The molecule has 2 aromatic rings. The maximum atomic E-state index is 12.2. The summed E-state index contributed by atoms with van der Waals surface area (Å²) >= 11 is 0. The van der Waals surface area contributed by atoms with Crippen molar-refractivity contribution in [2.24, 2.45) is 0 Å². The first-order valence-electron chi connectivity index (χ1n) is 6.49. The molecule has 6 nitrogen and oxygen atoms in total. The Hall–Kier alpha value is -2.37. The Kier molecular flexibility index (Phi) is 3.14. The number of aryl methyl sites for hydroxylation is 1. The lowest BCUT2D eigenvalue weighted by Crippen LogP contribution is -2.24. The quantitative estimate of drug-likeness (QED) is 0.919. The molecule has 1 aromatic heterocycles. The number of para-hydroxylation sites is 1. The highest BCUT2D eigenvalue weighted by molar-refractivity contribution is 5.97. The fourth-order valence-electron chi connectivity index (χ4n) is 2.28. The molecule has 104 valence electrons. The maximum absolute atomic E-state index is 12.2. The second-order valence-electron chi connectivity index (χ2n) is 4.84. The minimum absolute atomic E-state index is 0.110. The van der Waals surface area contributed by atoms with Crippen molar-refractivity contribution in [3.8, 4) is 5.75 Å². The van der Waals surface area contributed by atoms with Gasteiger partial charge in [-0.15, -0.1) is 0 Å². The second kappa shape index (κ2) is 4.96. The number of ether oxygens (including phenoxy) is 1. The van der Waals surface area contributed by atoms with Crippen LogP contribution in [0.4, 0.5) is 0 Å². The van der Waals surface area contributed by atoms with Crippen molar-refractivity contribution in [1.29, 1.82) is 0 Å². The first-order valence-corrected chi connectivity index (χ1v) is 6.49. The van der Waals surface area contributed by atoms with Crippen LogP contribution in [0.3, 0.4) is 0 Å². The zero-order valence-electron chi connectivity index (χ0n) is 11.3. The van der Waals surface area contributed by atoms with Crippen LogP contribution in [0.2, 0.25) is 0 Å². The van der Waals surface area contributed by atoms with Crippen LogP contribution in [0, 0.1) is 6.92 Å². The Morgan fingerprint density at radius 2 is 2.35 bits per heavy atom. The van der Waals surface area contributed by atoms with E-state index < -0.39 is 0 Å². The highest BCUT2D eigenvalue weighted by Gasteiger charge is 2.24. The summed E-state index contributed by atoms with van der Waals surface area (Å²) in [4.78, 5) is 16.3. The van der Waals surface area contributed by atoms with E-state index in [-0.39, 0.29) is 18.6 Å². The largest absolute Gasteiger partial charge is 0.489 e. The van der Waals surface area contributed by atoms with Gasteiger partial charge in [0.25, 0.3) is 5.91 Å². The van der Waals surface area contributed by atoms with Crippen LogP contribution in [0.25, 0.3) is 0 Å². The van der Waals surface area contributed by atoms with Crippen LogP contribution in [0.1, 0.15) is 34.6 Å². The third-order valence-electron chi connectivity index (χ3n) is 3.14. The number of carbonyl (C=O) groups excluding carboxylic acids is 1. The van der Waals surface area contributed by atoms with Crippen LogP contribution in [-0.4, -0.2) is 22.2 Å². The number of benzene rings is 1. The first kappa shape index (κ1) is 12.7. The summed E-state index contributed by atoms with van der Waals surface area (Å²) in [6.45, 7) is 3.93. The van der Waals surface area contributed by atoms with Crippen LogP contribution >= 0.6 is 0 Å². The van der Waals surface area contributed by atoms with Gasteiger partial charge in [-0.25, -0.2) is 0 Å². The summed E-state index contributed by atoms with van der Waals surface area (Å²) < 4.78 is 10.6. The molecule has 0 saturated heterocycles. The molecule has 0 radical (unpaired) electrons. The van der Waals surface area contributed by atoms with Gasteiger partial charge < -0.3 is 14.6 Å². The van der Waals surface area contributed by atoms with Gasteiger partial charge in [0.1, 0.15) is 11.9 Å². The van der Waals surface area contributed by atoms with Gasteiger partial charge >= 0.3 is 0 Å². The first-order chi connectivity index (χ1) is 9.63. The Morgan fingerprint density at radius 3 is 3.10 bits per heavy atom. The molecule has 0 spiro atoms. The van der Waals surface area contributed by atoms with Crippen LogP contribution in [0.15, 0.2) is 22.7 Å². The average molecular weight is 273 g/mol. The molecule has 1 amide bonds. The molecule has 1 aromatic carbocycles. The summed E-state index contributed by atoms with van der Waals surface area (Å²) in [5, 5.41) is 6.50. The van der Waals surface area contributed by atoms with E-state index in [9.17, 15) is 4.79 Å². The summed E-state index contributed by atoms with van der Waals surface area (Å²) in [6, 6.07) is 5.61. The lowest BCUT2D eigenvalue weighted by atomic mass is 10.1. The van der Waals surface area contributed by atoms with E-state index in [2.05, 4.69) is 15.5 Å². The van der Waals surface area contributed by atoms with Crippen molar-refractivity contribution in [2.75, 3.05) is 0 Å². The SMILES string of the molecule is Cc1nc(CNC(=O)c2cccc3c2OC(C)C3)no1. The Balaban J connectivity index is 1.74. The number of amides is 1. The summed E-state index contributed by atoms with van der Waals surface area (Å²) in [5.41, 5.74) is 1.62. The van der Waals surface area contributed by atoms with E-state index >= 15 is 0 Å². The van der Waals surface area contributed by atoms with Crippen molar-refractivity contribution in [3.05, 3.63) is 41.0 Å². The van der Waals surface area contributed by atoms with Crippen LogP contribution in [-0.2, 0) is 13.0 Å². The molecule has 1 aliphatic rings. The zero-order valence-corrected chi connectivity index (χ0v) is 11.3. The van der Waals surface area contributed by atoms with Gasteiger partial charge in [-0.05, 0) is 18.6 Å². The minimum atomic E-state index is -0.196. The number of carbonyl (C=O) groups is 1. The van der Waals surface area contributed by atoms with E-state index in [1.165, 1.54) is 0 Å². The van der Waals surface area contributed by atoms with Gasteiger partial charge in [-0.3, -0.25) is 4.79 Å². The van der Waals surface area contributed by atoms with Gasteiger partial charge in [0.05, 0.1) is 12.1 Å². The lowest BCUT2D eigenvalue weighted by Gasteiger charge is -2.09. The Bertz CT molecular complexity index is 651. The van der Waals surface area contributed by atoms with Gasteiger partial charge in [0.15, 0.2) is 5.82 Å². The molecule has 6 heteroatoms. The summed E-state index contributed by atoms with van der Waals surface area (Å²) in [6.07, 6.45) is 0.944. The summed E-state index contributed by atoms with van der Waals surface area (Å²) in [7, 11) is 0. The molecular weight excluding hydrogens is 258 g/mol. The predicted octanol–water partition coefficient (Wildman–Crippen LogP) is 1.63. The number of hydrogen-bond acceptors (Lipinski definition) is 5. The topological polar surface area (TPSA) is 77.2 Å². The third-order valence-corrected chi connectivity index (χ3v) is 3.14. The molecule has 0 fully saturated rings.